The van der Waals surface area contributed by atoms with Crippen LogP contribution in [0.2, 0.25) is 0 Å². The highest BCUT2D eigenvalue weighted by molar-refractivity contribution is 5.79. The van der Waals surface area contributed by atoms with E-state index >= 15 is 0 Å². The predicted molar refractivity (Wildman–Crippen MR) is 141 cm³/mol. The summed E-state index contributed by atoms with van der Waals surface area (Å²) in [6.07, 6.45) is 6.62. The molecule has 1 aliphatic carbocycles. The Balaban J connectivity index is 1.05. The van der Waals surface area contributed by atoms with Gasteiger partial charge in [-0.3, -0.25) is 14.2 Å². The monoisotopic (exact) mass is 550 g/mol. The summed E-state index contributed by atoms with van der Waals surface area (Å²) in [4.78, 5) is 32.6. The third kappa shape index (κ3) is 5.23. The van der Waals surface area contributed by atoms with Crippen molar-refractivity contribution in [3.05, 3.63) is 64.8 Å². The van der Waals surface area contributed by atoms with Gasteiger partial charge >= 0.3 is 0 Å². The Morgan fingerprint density at radius 3 is 2.58 bits per heavy atom. The van der Waals surface area contributed by atoms with E-state index in [9.17, 15) is 19.1 Å². The Morgan fingerprint density at radius 1 is 1.18 bits per heavy atom. The average Bonchev–Trinajstić information content (AvgIpc) is 3.57. The molecule has 1 aliphatic heterocycles. The summed E-state index contributed by atoms with van der Waals surface area (Å²) < 4.78 is 27.1. The molecule has 4 heterocycles. The van der Waals surface area contributed by atoms with Crippen molar-refractivity contribution in [2.75, 3.05) is 13.1 Å². The molecule has 11 nitrogen and oxygen atoms in total. The van der Waals surface area contributed by atoms with E-state index in [1.165, 1.54) is 33.9 Å². The van der Waals surface area contributed by atoms with E-state index in [-0.39, 0.29) is 35.9 Å². The first-order chi connectivity index (χ1) is 19.3. The molecular formula is C28H31FN6O5. The fourth-order valence-electron chi connectivity index (χ4n) is 5.71. The summed E-state index contributed by atoms with van der Waals surface area (Å²) in [6, 6.07) is 7.52. The zero-order valence-corrected chi connectivity index (χ0v) is 22.2. The Labute approximate surface area is 229 Å². The first kappa shape index (κ1) is 26.2. The van der Waals surface area contributed by atoms with Crippen molar-refractivity contribution in [1.29, 1.82) is 0 Å². The number of carbonyl (C=O) groups is 1. The topological polar surface area (TPSA) is 129 Å². The van der Waals surface area contributed by atoms with Crippen molar-refractivity contribution in [3.63, 3.8) is 0 Å². The molecule has 3 aromatic heterocycles. The van der Waals surface area contributed by atoms with Crippen LogP contribution in [0, 0.1) is 18.7 Å². The van der Waals surface area contributed by atoms with E-state index in [2.05, 4.69) is 15.2 Å². The van der Waals surface area contributed by atoms with Crippen LogP contribution in [0.1, 0.15) is 44.3 Å². The summed E-state index contributed by atoms with van der Waals surface area (Å²) in [5.74, 6) is 0.872. The minimum atomic E-state index is -1.13. The highest BCUT2D eigenvalue weighted by Crippen LogP contribution is 2.31. The van der Waals surface area contributed by atoms with E-state index in [1.54, 1.807) is 18.2 Å². The number of amides is 1. The number of aliphatic hydroxyl groups is 1. The SMILES string of the molecule is Cc1cc(O[C@H]2CC[C@@H](C(=O)N3CCC(O)(Cn4cnc5c(cnn5-c5ccc(F)cc5)c4=O)CC3)CC2)no1. The zero-order valence-electron chi connectivity index (χ0n) is 22.2. The van der Waals surface area contributed by atoms with Crippen LogP contribution in [0.3, 0.4) is 0 Å². The highest BCUT2D eigenvalue weighted by atomic mass is 19.1. The number of piperidine rings is 1. The lowest BCUT2D eigenvalue weighted by Gasteiger charge is -2.40. The molecule has 0 spiro atoms. The highest BCUT2D eigenvalue weighted by Gasteiger charge is 2.37. The smallest absolute Gasteiger partial charge is 0.264 e. The minimum absolute atomic E-state index is 0.0204. The van der Waals surface area contributed by atoms with E-state index in [0.717, 1.165) is 25.7 Å². The van der Waals surface area contributed by atoms with Gasteiger partial charge in [0.05, 0.1) is 24.0 Å². The predicted octanol–water partition coefficient (Wildman–Crippen LogP) is 3.01. The lowest BCUT2D eigenvalue weighted by Crippen LogP contribution is -2.51. The van der Waals surface area contributed by atoms with Gasteiger partial charge in [0.25, 0.3) is 11.4 Å². The van der Waals surface area contributed by atoms with Gasteiger partial charge in [-0.15, -0.1) is 0 Å². The summed E-state index contributed by atoms with van der Waals surface area (Å²) in [7, 11) is 0. The number of carbonyl (C=O) groups excluding carboxylic acids is 1. The molecule has 2 aliphatic rings. The first-order valence-corrected chi connectivity index (χ1v) is 13.6. The summed E-state index contributed by atoms with van der Waals surface area (Å²) >= 11 is 0. The molecule has 0 radical (unpaired) electrons. The van der Waals surface area contributed by atoms with Crippen LogP contribution in [0.25, 0.3) is 16.7 Å². The molecule has 210 valence electrons. The zero-order chi connectivity index (χ0) is 27.9. The van der Waals surface area contributed by atoms with Crippen LogP contribution in [-0.2, 0) is 11.3 Å². The molecule has 6 rings (SSSR count). The Hall–Kier alpha value is -4.06. The second kappa shape index (κ2) is 10.5. The maximum atomic E-state index is 13.3. The van der Waals surface area contributed by atoms with Gasteiger partial charge in [0, 0.05) is 25.1 Å². The molecule has 1 amide bonds. The van der Waals surface area contributed by atoms with E-state index < -0.39 is 5.60 Å². The van der Waals surface area contributed by atoms with Gasteiger partial charge in [-0.2, -0.15) is 5.10 Å². The number of halogens is 1. The van der Waals surface area contributed by atoms with Gasteiger partial charge in [0.1, 0.15) is 29.4 Å². The van der Waals surface area contributed by atoms with Crippen molar-refractivity contribution >= 4 is 16.9 Å². The number of likely N-dealkylation sites (tertiary alicyclic amines) is 1. The molecule has 1 aromatic carbocycles. The van der Waals surface area contributed by atoms with E-state index in [4.69, 9.17) is 9.26 Å². The van der Waals surface area contributed by atoms with Gasteiger partial charge in [-0.1, -0.05) is 0 Å². The second-order valence-electron chi connectivity index (χ2n) is 10.9. The van der Waals surface area contributed by atoms with Crippen LogP contribution in [0.15, 0.2) is 52.2 Å². The van der Waals surface area contributed by atoms with Crippen molar-refractivity contribution < 1.29 is 23.6 Å². The Morgan fingerprint density at radius 2 is 1.90 bits per heavy atom. The van der Waals surface area contributed by atoms with E-state index in [0.29, 0.717) is 54.3 Å². The third-order valence-electron chi connectivity index (χ3n) is 8.01. The number of hydrogen-bond acceptors (Lipinski definition) is 8. The lowest BCUT2D eigenvalue weighted by molar-refractivity contribution is -0.141. The number of ether oxygens (including phenoxy) is 1. The summed E-state index contributed by atoms with van der Waals surface area (Å²) in [5, 5.41) is 19.8. The van der Waals surface area contributed by atoms with Crippen LogP contribution in [0.5, 0.6) is 5.88 Å². The van der Waals surface area contributed by atoms with Gasteiger partial charge in [0.15, 0.2) is 5.65 Å². The van der Waals surface area contributed by atoms with Crippen molar-refractivity contribution in [1.82, 2.24) is 29.4 Å². The number of rotatable bonds is 6. The molecule has 4 aromatic rings. The second-order valence-corrected chi connectivity index (χ2v) is 10.9. The summed E-state index contributed by atoms with van der Waals surface area (Å²) in [6.45, 7) is 2.74. The van der Waals surface area contributed by atoms with Crippen LogP contribution >= 0.6 is 0 Å². The normalized spacial score (nSPS) is 21.0. The number of fused-ring (bicyclic) bond motifs is 1. The van der Waals surface area contributed by atoms with Crippen LogP contribution in [-0.4, -0.2) is 65.2 Å². The fourth-order valence-corrected chi connectivity index (χ4v) is 5.71. The van der Waals surface area contributed by atoms with Crippen molar-refractivity contribution in [2.45, 2.75) is 63.7 Å². The molecule has 0 atom stereocenters. The Kier molecular flexibility index (Phi) is 6.87. The molecule has 1 saturated carbocycles. The largest absolute Gasteiger partial charge is 0.472 e. The van der Waals surface area contributed by atoms with Gasteiger partial charge < -0.3 is 19.3 Å². The molecular weight excluding hydrogens is 519 g/mol. The standard InChI is InChI=1S/C28H31FN6O5/c1-18-14-24(32-40-18)39-22-8-2-19(3-9-22)26(36)33-12-10-28(38,11-13-33)16-34-17-30-25-23(27(34)37)15-31-35(25)21-6-4-20(29)5-7-21/h4-7,14-15,17,19,22,38H,2-3,8-13,16H2,1H3/t19-,22+. The lowest BCUT2D eigenvalue weighted by atomic mass is 9.85. The molecule has 1 saturated heterocycles. The maximum absolute atomic E-state index is 13.3. The van der Waals surface area contributed by atoms with Crippen molar-refractivity contribution in [3.8, 4) is 11.6 Å². The minimum Gasteiger partial charge on any atom is -0.472 e. The Bertz CT molecular complexity index is 1560. The number of hydrogen-bond donors (Lipinski definition) is 1. The molecule has 0 unspecified atom stereocenters. The van der Waals surface area contributed by atoms with E-state index in [1.807, 2.05) is 11.8 Å². The number of benzene rings is 1. The number of aryl methyl sites for hydroxylation is 1. The molecule has 40 heavy (non-hydrogen) atoms. The van der Waals surface area contributed by atoms with Gasteiger partial charge in [0.2, 0.25) is 5.91 Å². The molecule has 1 N–H and O–H groups in total. The van der Waals surface area contributed by atoms with Gasteiger partial charge in [-0.05, 0) is 74.9 Å². The quantitative estimate of drug-likeness (QED) is 0.388. The molecule has 0 bridgehead atoms. The molecule has 12 heteroatoms. The maximum Gasteiger partial charge on any atom is 0.264 e. The average molecular weight is 551 g/mol. The van der Waals surface area contributed by atoms with Crippen molar-refractivity contribution in [2.24, 2.45) is 5.92 Å². The number of aromatic nitrogens is 5. The van der Waals surface area contributed by atoms with Crippen LogP contribution in [0.4, 0.5) is 4.39 Å². The fraction of sp³-hybridized carbons (Fsp3) is 0.464. The van der Waals surface area contributed by atoms with Gasteiger partial charge in [-0.25, -0.2) is 14.1 Å². The first-order valence-electron chi connectivity index (χ1n) is 13.6. The van der Waals surface area contributed by atoms with Crippen LogP contribution < -0.4 is 10.3 Å². The number of nitrogens with zero attached hydrogens (tertiary/aromatic N) is 6. The molecule has 2 fully saturated rings. The summed E-state index contributed by atoms with van der Waals surface area (Å²) in [5.41, 5.74) is -0.506. The third-order valence-corrected chi connectivity index (χ3v) is 8.01.